The van der Waals surface area contributed by atoms with Crippen LogP contribution < -0.4 is 0 Å². The van der Waals surface area contributed by atoms with Crippen LogP contribution in [-0.2, 0) is 19.1 Å². The number of aliphatic imine (C=N–C) groups is 2. The molecular weight excluding hydrogens is 308 g/mol. The van der Waals surface area contributed by atoms with E-state index in [-0.39, 0.29) is 23.8 Å². The molecule has 0 fully saturated rings. The van der Waals surface area contributed by atoms with Crippen LogP contribution in [-0.4, -0.2) is 35.8 Å². The van der Waals surface area contributed by atoms with Crippen LogP contribution in [0.2, 0.25) is 0 Å². The molecule has 2 atom stereocenters. The van der Waals surface area contributed by atoms with Crippen molar-refractivity contribution in [3.8, 4) is 0 Å². The minimum absolute atomic E-state index is 0.0921. The summed E-state index contributed by atoms with van der Waals surface area (Å²) in [5.41, 5.74) is 1.42. The lowest BCUT2D eigenvalue weighted by Crippen LogP contribution is -2.20. The van der Waals surface area contributed by atoms with Crippen LogP contribution in [0.15, 0.2) is 34.3 Å². The molecule has 0 spiro atoms. The first-order chi connectivity index (χ1) is 11.4. The van der Waals surface area contributed by atoms with E-state index in [4.69, 9.17) is 9.47 Å². The first-order valence-corrected chi connectivity index (χ1v) is 8.06. The van der Waals surface area contributed by atoms with Crippen molar-refractivity contribution in [1.82, 2.24) is 0 Å². The Kier molecular flexibility index (Phi) is 4.22. The van der Waals surface area contributed by atoms with Gasteiger partial charge in [0.05, 0.1) is 0 Å². The summed E-state index contributed by atoms with van der Waals surface area (Å²) in [5, 5.41) is 0. The highest BCUT2D eigenvalue weighted by Gasteiger charge is 2.33. The molecule has 6 heteroatoms. The Balaban J connectivity index is 1.80. The van der Waals surface area contributed by atoms with Crippen LogP contribution in [0.3, 0.4) is 0 Å². The van der Waals surface area contributed by atoms with Gasteiger partial charge in [-0.25, -0.2) is 19.6 Å². The molecule has 0 saturated heterocycles. The van der Waals surface area contributed by atoms with Gasteiger partial charge in [-0.2, -0.15) is 0 Å². The predicted molar refractivity (Wildman–Crippen MR) is 89.0 cm³/mol. The molecule has 0 bridgehead atoms. The van der Waals surface area contributed by atoms with Crippen LogP contribution in [0.1, 0.15) is 38.8 Å². The summed E-state index contributed by atoms with van der Waals surface area (Å²) in [5.74, 6) is 0.200. The maximum Gasteiger partial charge on any atom is 0.338 e. The van der Waals surface area contributed by atoms with Gasteiger partial charge < -0.3 is 9.47 Å². The Hall–Kier alpha value is -2.50. The van der Waals surface area contributed by atoms with Gasteiger partial charge >= 0.3 is 11.9 Å². The number of carbonyl (C=O) groups excluding carboxylic acids is 2. The van der Waals surface area contributed by atoms with Crippen molar-refractivity contribution in [2.75, 3.05) is 0 Å². The number of hydrogen-bond acceptors (Lipinski definition) is 6. The van der Waals surface area contributed by atoms with Crippen molar-refractivity contribution in [2.45, 2.75) is 39.8 Å². The Labute approximate surface area is 140 Å². The highest BCUT2D eigenvalue weighted by molar-refractivity contribution is 6.08. The molecule has 2 unspecified atom stereocenters. The van der Waals surface area contributed by atoms with Crippen LogP contribution in [0.4, 0.5) is 0 Å². The Morgan fingerprint density at radius 2 is 1.08 bits per heavy atom. The van der Waals surface area contributed by atoms with Crippen LogP contribution in [0.5, 0.6) is 0 Å². The minimum atomic E-state index is -0.452. The standard InChI is InChI=1S/C18H20N2O4/c1-9(2)13-17(21)23-15(19-13)11-5-7-12(8-6-11)16-20-14(10(3)4)18(22)24-16/h5-10,13-14H,1-4H3. The van der Waals surface area contributed by atoms with Gasteiger partial charge in [-0.3, -0.25) is 0 Å². The SMILES string of the molecule is CC(C)C1N=C(c2ccc(C3=NC(C(C)C)C(=O)O3)cc2)OC1=O. The number of hydrogen-bond donors (Lipinski definition) is 0. The van der Waals surface area contributed by atoms with Gasteiger partial charge in [0, 0.05) is 11.1 Å². The van der Waals surface area contributed by atoms with Gasteiger partial charge in [0.2, 0.25) is 11.8 Å². The van der Waals surface area contributed by atoms with Crippen molar-refractivity contribution in [1.29, 1.82) is 0 Å². The lowest BCUT2D eigenvalue weighted by molar-refractivity contribution is -0.136. The molecule has 0 radical (unpaired) electrons. The maximum absolute atomic E-state index is 11.8. The lowest BCUT2D eigenvalue weighted by Gasteiger charge is -2.04. The van der Waals surface area contributed by atoms with Crippen molar-refractivity contribution >= 4 is 23.7 Å². The first kappa shape index (κ1) is 16.4. The molecule has 0 aromatic heterocycles. The third-order valence-corrected chi connectivity index (χ3v) is 4.03. The second-order valence-corrected chi connectivity index (χ2v) is 6.67. The molecule has 2 aliphatic rings. The Bertz CT molecular complexity index is 669. The average molecular weight is 328 g/mol. The second kappa shape index (κ2) is 6.19. The van der Waals surface area contributed by atoms with E-state index in [9.17, 15) is 9.59 Å². The number of ether oxygens (including phenoxy) is 2. The zero-order valence-electron chi connectivity index (χ0n) is 14.1. The van der Waals surface area contributed by atoms with Crippen molar-refractivity contribution in [3.63, 3.8) is 0 Å². The van der Waals surface area contributed by atoms with E-state index in [1.165, 1.54) is 0 Å². The van der Waals surface area contributed by atoms with E-state index in [0.717, 1.165) is 0 Å². The highest BCUT2D eigenvalue weighted by atomic mass is 16.6. The zero-order chi connectivity index (χ0) is 17.4. The van der Waals surface area contributed by atoms with E-state index in [1.54, 1.807) is 24.3 Å². The van der Waals surface area contributed by atoms with E-state index in [2.05, 4.69) is 9.98 Å². The molecule has 0 N–H and O–H groups in total. The number of nitrogens with zero attached hydrogens (tertiary/aromatic N) is 2. The largest absolute Gasteiger partial charge is 0.406 e. The molecule has 1 aromatic rings. The first-order valence-electron chi connectivity index (χ1n) is 8.06. The van der Waals surface area contributed by atoms with Gasteiger partial charge in [-0.15, -0.1) is 0 Å². The summed E-state index contributed by atoms with van der Waals surface area (Å²) >= 11 is 0. The van der Waals surface area contributed by atoms with Crippen molar-refractivity contribution in [3.05, 3.63) is 35.4 Å². The minimum Gasteiger partial charge on any atom is -0.406 e. The summed E-state index contributed by atoms with van der Waals surface area (Å²) in [6.07, 6.45) is 0. The molecule has 24 heavy (non-hydrogen) atoms. The topological polar surface area (TPSA) is 77.3 Å². The number of benzene rings is 1. The fourth-order valence-corrected chi connectivity index (χ4v) is 2.59. The fraction of sp³-hybridized carbons (Fsp3) is 0.444. The lowest BCUT2D eigenvalue weighted by atomic mass is 10.1. The average Bonchev–Trinajstić information content (AvgIpc) is 3.11. The van der Waals surface area contributed by atoms with Crippen molar-refractivity contribution < 1.29 is 19.1 Å². The summed E-state index contributed by atoms with van der Waals surface area (Å²) < 4.78 is 10.5. The van der Waals surface area contributed by atoms with Gasteiger partial charge in [0.1, 0.15) is 0 Å². The molecular formula is C18H20N2O4. The molecule has 2 aliphatic heterocycles. The number of rotatable bonds is 4. The molecule has 126 valence electrons. The Morgan fingerprint density at radius 3 is 1.33 bits per heavy atom. The predicted octanol–water partition coefficient (Wildman–Crippen LogP) is 2.34. The third kappa shape index (κ3) is 2.96. The summed E-state index contributed by atoms with van der Waals surface area (Å²) in [6, 6.07) is 6.22. The smallest absolute Gasteiger partial charge is 0.338 e. The van der Waals surface area contributed by atoms with Gasteiger partial charge in [-0.05, 0) is 36.1 Å². The van der Waals surface area contributed by atoms with E-state index in [0.29, 0.717) is 22.9 Å². The quantitative estimate of drug-likeness (QED) is 0.795. The summed E-state index contributed by atoms with van der Waals surface area (Å²) in [4.78, 5) is 32.3. The molecule has 6 nitrogen and oxygen atoms in total. The third-order valence-electron chi connectivity index (χ3n) is 4.03. The van der Waals surface area contributed by atoms with Crippen LogP contribution in [0, 0.1) is 11.8 Å². The summed E-state index contributed by atoms with van der Waals surface area (Å²) in [6.45, 7) is 7.72. The molecule has 0 amide bonds. The van der Waals surface area contributed by atoms with Crippen LogP contribution in [0.25, 0.3) is 0 Å². The highest BCUT2D eigenvalue weighted by Crippen LogP contribution is 2.22. The van der Waals surface area contributed by atoms with E-state index >= 15 is 0 Å². The Morgan fingerprint density at radius 1 is 0.750 bits per heavy atom. The van der Waals surface area contributed by atoms with E-state index in [1.807, 2.05) is 27.7 Å². The van der Waals surface area contributed by atoms with Gasteiger partial charge in [0.15, 0.2) is 12.1 Å². The maximum atomic E-state index is 11.8. The van der Waals surface area contributed by atoms with Gasteiger partial charge in [0.25, 0.3) is 0 Å². The molecule has 0 aliphatic carbocycles. The van der Waals surface area contributed by atoms with Crippen LogP contribution >= 0.6 is 0 Å². The molecule has 1 aromatic carbocycles. The molecule has 3 rings (SSSR count). The van der Waals surface area contributed by atoms with Crippen molar-refractivity contribution in [2.24, 2.45) is 21.8 Å². The second-order valence-electron chi connectivity index (χ2n) is 6.67. The summed E-state index contributed by atoms with van der Waals surface area (Å²) in [7, 11) is 0. The van der Waals surface area contributed by atoms with E-state index < -0.39 is 12.1 Å². The number of esters is 2. The fourth-order valence-electron chi connectivity index (χ4n) is 2.59. The normalized spacial score (nSPS) is 23.4. The molecule has 0 saturated carbocycles. The molecule has 2 heterocycles. The zero-order valence-corrected chi connectivity index (χ0v) is 14.1. The van der Waals surface area contributed by atoms with Gasteiger partial charge in [-0.1, -0.05) is 27.7 Å². The number of carbonyl (C=O) groups is 2. The monoisotopic (exact) mass is 328 g/mol. The number of cyclic esters (lactones) is 2.